The first-order valence-electron chi connectivity index (χ1n) is 17.8. The molecule has 6 aromatic carbocycles. The van der Waals surface area contributed by atoms with Crippen LogP contribution >= 0.6 is 11.8 Å². The van der Waals surface area contributed by atoms with Gasteiger partial charge in [-0.1, -0.05) is 116 Å². The van der Waals surface area contributed by atoms with Crippen LogP contribution in [-0.4, -0.2) is 23.0 Å². The zero-order valence-corrected chi connectivity index (χ0v) is 30.2. The van der Waals surface area contributed by atoms with Crippen molar-refractivity contribution in [1.29, 1.82) is 0 Å². The van der Waals surface area contributed by atoms with Crippen molar-refractivity contribution < 1.29 is 24.1 Å². The van der Waals surface area contributed by atoms with Gasteiger partial charge in [-0.25, -0.2) is 4.79 Å². The lowest BCUT2D eigenvalue weighted by Crippen LogP contribution is -2.38. The zero-order valence-electron chi connectivity index (χ0n) is 29.4. The predicted molar refractivity (Wildman–Crippen MR) is 211 cm³/mol. The Kier molecular flexibility index (Phi) is 11.8. The van der Waals surface area contributed by atoms with E-state index < -0.39 is 6.29 Å². The molecule has 0 aromatic heterocycles. The van der Waals surface area contributed by atoms with Crippen LogP contribution in [0.1, 0.15) is 41.6 Å². The van der Waals surface area contributed by atoms with Gasteiger partial charge in [-0.3, -0.25) is 0 Å². The van der Waals surface area contributed by atoms with Crippen LogP contribution in [0, 0.1) is 5.92 Å². The molecule has 7 rings (SSSR count). The maximum atomic E-state index is 12.9. The summed E-state index contributed by atoms with van der Waals surface area (Å²) in [5, 5.41) is 15.5. The summed E-state index contributed by atoms with van der Waals surface area (Å²) < 4.78 is 19.2. The van der Waals surface area contributed by atoms with Gasteiger partial charge in [-0.05, 0) is 76.3 Å². The van der Waals surface area contributed by atoms with Crippen molar-refractivity contribution in [2.45, 2.75) is 43.5 Å². The van der Waals surface area contributed by atoms with E-state index in [0.29, 0.717) is 18.0 Å². The number of thioether (sulfide) groups is 1. The Hall–Kier alpha value is -5.38. The van der Waals surface area contributed by atoms with E-state index in [4.69, 9.17) is 14.2 Å². The Morgan fingerprint density at radius 2 is 1.36 bits per heavy atom. The van der Waals surface area contributed by atoms with Crippen LogP contribution in [-0.2, 0) is 22.6 Å². The fraction of sp³-hybridized carbons (Fsp3) is 0.178. The quantitative estimate of drug-likeness (QED) is 0.109. The van der Waals surface area contributed by atoms with E-state index in [0.717, 1.165) is 44.9 Å². The molecular formula is C45H42N2O5S. The van der Waals surface area contributed by atoms with E-state index >= 15 is 0 Å². The first kappa shape index (κ1) is 36.0. The number of anilines is 1. The number of urea groups is 1. The minimum Gasteiger partial charge on any atom is -0.457 e. The molecule has 0 spiro atoms. The molecule has 1 aliphatic heterocycles. The Morgan fingerprint density at radius 1 is 0.717 bits per heavy atom. The van der Waals surface area contributed by atoms with E-state index in [1.165, 1.54) is 4.90 Å². The van der Waals surface area contributed by atoms with Gasteiger partial charge in [0, 0.05) is 34.4 Å². The zero-order chi connectivity index (χ0) is 36.4. The van der Waals surface area contributed by atoms with Gasteiger partial charge in [0.15, 0.2) is 6.29 Å². The monoisotopic (exact) mass is 722 g/mol. The maximum Gasteiger partial charge on any atom is 0.319 e. The number of ether oxygens (including phenoxy) is 3. The summed E-state index contributed by atoms with van der Waals surface area (Å²) in [6.07, 6.45) is -0.788. The number of carbonyl (C=O) groups excluding carboxylic acids is 1. The SMILES string of the molecule is C[C@H]1[C@@H](CSc2ccccc2)O[C@@H](c2ccc(-c3ccccc3CNC(=O)Nc3ccc(Oc4ccccc4)cc3)cc2)O[C@H]1c1ccc(CO)cc1. The van der Waals surface area contributed by atoms with Crippen molar-refractivity contribution >= 4 is 23.5 Å². The molecule has 8 heteroatoms. The number of hydrogen-bond acceptors (Lipinski definition) is 6. The fourth-order valence-corrected chi connectivity index (χ4v) is 7.45. The molecule has 3 N–H and O–H groups in total. The summed E-state index contributed by atoms with van der Waals surface area (Å²) in [6.45, 7) is 2.54. The van der Waals surface area contributed by atoms with Crippen molar-refractivity contribution in [3.63, 3.8) is 0 Å². The number of para-hydroxylation sites is 1. The number of nitrogens with one attached hydrogen (secondary N) is 2. The average molecular weight is 723 g/mol. The van der Waals surface area contributed by atoms with Crippen LogP contribution in [0.15, 0.2) is 163 Å². The molecule has 4 atom stereocenters. The molecule has 0 unspecified atom stereocenters. The van der Waals surface area contributed by atoms with Crippen molar-refractivity contribution in [2.24, 2.45) is 5.92 Å². The molecular weight excluding hydrogens is 681 g/mol. The fourth-order valence-electron chi connectivity index (χ4n) is 6.36. The number of hydrogen-bond donors (Lipinski definition) is 3. The lowest BCUT2D eigenvalue weighted by molar-refractivity contribution is -0.268. The third-order valence-corrected chi connectivity index (χ3v) is 10.4. The second kappa shape index (κ2) is 17.4. The topological polar surface area (TPSA) is 89.1 Å². The van der Waals surface area contributed by atoms with Gasteiger partial charge in [-0.2, -0.15) is 0 Å². The second-order valence-corrected chi connectivity index (χ2v) is 14.1. The third kappa shape index (κ3) is 9.35. The van der Waals surface area contributed by atoms with Crippen LogP contribution in [0.5, 0.6) is 11.5 Å². The summed E-state index contributed by atoms with van der Waals surface area (Å²) in [6, 6.07) is 51.3. The van der Waals surface area contributed by atoms with E-state index in [2.05, 4.69) is 72.2 Å². The maximum absolute atomic E-state index is 12.9. The predicted octanol–water partition coefficient (Wildman–Crippen LogP) is 10.5. The minimum absolute atomic E-state index is 0.00263. The van der Waals surface area contributed by atoms with Gasteiger partial charge in [0.1, 0.15) is 11.5 Å². The highest BCUT2D eigenvalue weighted by molar-refractivity contribution is 7.99. The number of aliphatic hydroxyl groups excluding tert-OH is 1. The summed E-state index contributed by atoms with van der Waals surface area (Å²) >= 11 is 1.79. The molecule has 7 nitrogen and oxygen atoms in total. The van der Waals surface area contributed by atoms with Crippen molar-refractivity contribution in [3.05, 3.63) is 180 Å². The largest absolute Gasteiger partial charge is 0.457 e. The third-order valence-electron chi connectivity index (χ3n) is 9.32. The molecule has 53 heavy (non-hydrogen) atoms. The number of rotatable bonds is 12. The van der Waals surface area contributed by atoms with Gasteiger partial charge < -0.3 is 30.0 Å². The van der Waals surface area contributed by atoms with Gasteiger partial charge >= 0.3 is 6.03 Å². The number of benzene rings is 6. The standard InChI is InChI=1S/C45H42N2O5S/c1-31-42(30-53-40-13-6-3-7-14-40)51-44(52-43(31)34-18-16-32(29-48)17-19-34)35-22-20-33(21-23-35)41-15-9-8-10-36(41)28-46-45(49)47-37-24-26-39(27-25-37)50-38-11-4-2-5-12-38/h2-27,31,42-44,48H,28-30H2,1H3,(H2,46,47,49)/t31-,42+,43+,44+/m0/s1. The Labute approximate surface area is 315 Å². The number of amides is 2. The van der Waals surface area contributed by atoms with Crippen LogP contribution in [0.4, 0.5) is 10.5 Å². The molecule has 1 saturated heterocycles. The molecule has 2 amide bonds. The first-order chi connectivity index (χ1) is 26.0. The Morgan fingerprint density at radius 3 is 2.08 bits per heavy atom. The highest BCUT2D eigenvalue weighted by atomic mass is 32.2. The van der Waals surface area contributed by atoms with Gasteiger partial charge in [0.25, 0.3) is 0 Å². The van der Waals surface area contributed by atoms with Gasteiger partial charge in [-0.15, -0.1) is 11.8 Å². The normalized spacial score (nSPS) is 18.2. The lowest BCUT2D eigenvalue weighted by atomic mass is 9.91. The smallest absolute Gasteiger partial charge is 0.319 e. The van der Waals surface area contributed by atoms with E-state index in [9.17, 15) is 9.90 Å². The molecule has 268 valence electrons. The molecule has 0 aliphatic carbocycles. The molecule has 6 aromatic rings. The summed E-state index contributed by atoms with van der Waals surface area (Å²) in [4.78, 5) is 14.1. The average Bonchev–Trinajstić information content (AvgIpc) is 3.21. The molecule has 0 radical (unpaired) electrons. The van der Waals surface area contributed by atoms with Crippen LogP contribution in [0.2, 0.25) is 0 Å². The van der Waals surface area contributed by atoms with Gasteiger partial charge in [0.2, 0.25) is 0 Å². The molecule has 0 saturated carbocycles. The van der Waals surface area contributed by atoms with Gasteiger partial charge in [0.05, 0.1) is 18.8 Å². The van der Waals surface area contributed by atoms with E-state index in [-0.39, 0.29) is 30.8 Å². The molecule has 1 fully saturated rings. The second-order valence-electron chi connectivity index (χ2n) is 13.0. The summed E-state index contributed by atoms with van der Waals surface area (Å²) in [7, 11) is 0. The number of aliphatic hydroxyl groups is 1. The Balaban J connectivity index is 1.01. The molecule has 1 aliphatic rings. The van der Waals surface area contributed by atoms with Crippen LogP contribution < -0.4 is 15.4 Å². The summed E-state index contributed by atoms with van der Waals surface area (Å²) in [5.74, 6) is 2.33. The molecule has 1 heterocycles. The van der Waals surface area contributed by atoms with E-state index in [1.54, 1.807) is 11.8 Å². The molecule has 0 bridgehead atoms. The lowest BCUT2D eigenvalue weighted by Gasteiger charge is -2.41. The first-order valence-corrected chi connectivity index (χ1v) is 18.8. The Bertz CT molecular complexity index is 2060. The minimum atomic E-state index is -0.552. The van der Waals surface area contributed by atoms with Crippen molar-refractivity contribution in [2.75, 3.05) is 11.1 Å². The van der Waals surface area contributed by atoms with Crippen molar-refractivity contribution in [3.8, 4) is 22.6 Å². The highest BCUT2D eigenvalue weighted by Crippen LogP contribution is 2.43. The summed E-state index contributed by atoms with van der Waals surface area (Å²) in [5.41, 5.74) is 6.57. The van der Waals surface area contributed by atoms with Crippen molar-refractivity contribution in [1.82, 2.24) is 5.32 Å². The van der Waals surface area contributed by atoms with E-state index in [1.807, 2.05) is 103 Å². The highest BCUT2D eigenvalue weighted by Gasteiger charge is 2.38. The van der Waals surface area contributed by atoms with Crippen LogP contribution in [0.3, 0.4) is 0 Å². The number of carbonyl (C=O) groups is 1. The van der Waals surface area contributed by atoms with Crippen LogP contribution in [0.25, 0.3) is 11.1 Å².